The topological polar surface area (TPSA) is 68.2 Å². The summed E-state index contributed by atoms with van der Waals surface area (Å²) < 4.78 is 7.21. The Labute approximate surface area is 104 Å². The number of nitrogens with zero attached hydrogens (tertiary/aromatic N) is 4. The molecule has 0 spiro atoms. The Morgan fingerprint density at radius 1 is 1.39 bits per heavy atom. The molecule has 0 aromatic carbocycles. The van der Waals surface area contributed by atoms with Crippen LogP contribution >= 0.6 is 0 Å². The number of oxazole rings is 1. The normalized spacial score (nSPS) is 10.9. The lowest BCUT2D eigenvalue weighted by Crippen LogP contribution is -2.01. The van der Waals surface area contributed by atoms with Gasteiger partial charge in [0.05, 0.1) is 12.7 Å². The average Bonchev–Trinajstić information content (AvgIpc) is 3.02. The van der Waals surface area contributed by atoms with Crippen LogP contribution in [0.1, 0.15) is 18.6 Å². The summed E-state index contributed by atoms with van der Waals surface area (Å²) >= 11 is 0. The lowest BCUT2D eigenvalue weighted by Gasteiger charge is -1.96. The molecule has 1 N–H and O–H groups in total. The molecule has 0 unspecified atom stereocenters. The van der Waals surface area contributed by atoms with E-state index in [-0.39, 0.29) is 0 Å². The summed E-state index contributed by atoms with van der Waals surface area (Å²) in [4.78, 5) is 8.49. The zero-order chi connectivity index (χ0) is 12.4. The number of anilines is 1. The summed E-state index contributed by atoms with van der Waals surface area (Å²) in [5, 5.41) is 7.37. The van der Waals surface area contributed by atoms with Crippen LogP contribution in [0.15, 0.2) is 35.0 Å². The second-order valence-electron chi connectivity index (χ2n) is 3.87. The molecule has 0 aliphatic carbocycles. The number of aromatic nitrogens is 4. The zero-order valence-electron chi connectivity index (χ0n) is 10.00. The Morgan fingerprint density at radius 3 is 3.11 bits per heavy atom. The molecule has 0 atom stereocenters. The highest BCUT2D eigenvalue weighted by Gasteiger charge is 2.05. The molecule has 6 nitrogen and oxygen atoms in total. The van der Waals surface area contributed by atoms with Crippen molar-refractivity contribution in [3.8, 4) is 0 Å². The Kier molecular flexibility index (Phi) is 2.68. The number of aryl methyl sites for hydroxylation is 1. The van der Waals surface area contributed by atoms with E-state index in [9.17, 15) is 0 Å². The smallest absolute Gasteiger partial charge is 0.243 e. The molecule has 0 amide bonds. The van der Waals surface area contributed by atoms with E-state index in [0.29, 0.717) is 18.4 Å². The van der Waals surface area contributed by atoms with Gasteiger partial charge in [-0.05, 0) is 12.1 Å². The van der Waals surface area contributed by atoms with E-state index in [0.717, 1.165) is 17.8 Å². The highest BCUT2D eigenvalue weighted by Crippen LogP contribution is 2.08. The van der Waals surface area contributed by atoms with E-state index in [1.165, 1.54) is 0 Å². The number of hydrogen-bond acceptors (Lipinski definition) is 5. The largest absolute Gasteiger partial charge is 0.444 e. The molecule has 0 aliphatic heterocycles. The van der Waals surface area contributed by atoms with Crippen LogP contribution in [0.25, 0.3) is 5.65 Å². The molecular formula is C12H13N5O. The fourth-order valence-electron chi connectivity index (χ4n) is 1.65. The van der Waals surface area contributed by atoms with Crippen LogP contribution in [0, 0.1) is 0 Å². The minimum absolute atomic E-state index is 0.483. The molecule has 3 rings (SSSR count). The van der Waals surface area contributed by atoms with Crippen LogP contribution in [0.5, 0.6) is 0 Å². The molecule has 92 valence electrons. The maximum Gasteiger partial charge on any atom is 0.243 e. The Morgan fingerprint density at radius 2 is 2.33 bits per heavy atom. The van der Waals surface area contributed by atoms with Gasteiger partial charge in [-0.25, -0.2) is 9.50 Å². The number of hydrogen-bond donors (Lipinski definition) is 1. The van der Waals surface area contributed by atoms with Gasteiger partial charge in [0, 0.05) is 12.6 Å². The molecule has 0 aliphatic rings. The summed E-state index contributed by atoms with van der Waals surface area (Å²) in [5.74, 6) is 2.10. The van der Waals surface area contributed by atoms with Gasteiger partial charge in [-0.1, -0.05) is 13.0 Å². The molecule has 0 fully saturated rings. The lowest BCUT2D eigenvalue weighted by molar-refractivity contribution is 0.465. The number of pyridine rings is 1. The van der Waals surface area contributed by atoms with Crippen LogP contribution < -0.4 is 5.32 Å². The SMILES string of the molecule is CCc1cnc(CNc2nc3ccccn3n2)o1. The van der Waals surface area contributed by atoms with Crippen molar-refractivity contribution >= 4 is 11.6 Å². The van der Waals surface area contributed by atoms with E-state index >= 15 is 0 Å². The van der Waals surface area contributed by atoms with Gasteiger partial charge in [0.2, 0.25) is 11.8 Å². The molecule has 0 saturated carbocycles. The monoisotopic (exact) mass is 243 g/mol. The molecule has 6 heteroatoms. The first-order valence-corrected chi connectivity index (χ1v) is 5.84. The van der Waals surface area contributed by atoms with Crippen molar-refractivity contribution in [3.63, 3.8) is 0 Å². The fourth-order valence-corrected chi connectivity index (χ4v) is 1.65. The average molecular weight is 243 g/mol. The van der Waals surface area contributed by atoms with Crippen molar-refractivity contribution in [3.05, 3.63) is 42.2 Å². The lowest BCUT2D eigenvalue weighted by atomic mass is 10.4. The molecule has 0 saturated heterocycles. The second kappa shape index (κ2) is 4.48. The summed E-state index contributed by atoms with van der Waals surface area (Å²) in [6.07, 6.45) is 4.45. The number of fused-ring (bicyclic) bond motifs is 1. The van der Waals surface area contributed by atoms with Crippen molar-refractivity contribution in [1.82, 2.24) is 19.6 Å². The first-order chi connectivity index (χ1) is 8.85. The van der Waals surface area contributed by atoms with Gasteiger partial charge < -0.3 is 9.73 Å². The van der Waals surface area contributed by atoms with Crippen molar-refractivity contribution in [1.29, 1.82) is 0 Å². The minimum atomic E-state index is 0.483. The summed E-state index contributed by atoms with van der Waals surface area (Å²) in [6.45, 7) is 2.51. The quantitative estimate of drug-likeness (QED) is 0.757. The van der Waals surface area contributed by atoms with E-state index < -0.39 is 0 Å². The third-order valence-electron chi connectivity index (χ3n) is 2.59. The first-order valence-electron chi connectivity index (χ1n) is 5.84. The standard InChI is InChI=1S/C12H13N5O/c1-2-9-7-13-11(18-9)8-14-12-15-10-5-3-4-6-17(10)16-12/h3-7H,2,8H2,1H3,(H,14,16). The summed E-state index contributed by atoms with van der Waals surface area (Å²) in [7, 11) is 0. The third-order valence-corrected chi connectivity index (χ3v) is 2.59. The molecule has 0 bridgehead atoms. The Balaban J connectivity index is 1.72. The third kappa shape index (κ3) is 2.04. The van der Waals surface area contributed by atoms with Gasteiger partial charge >= 0.3 is 0 Å². The minimum Gasteiger partial charge on any atom is -0.444 e. The van der Waals surface area contributed by atoms with Gasteiger partial charge in [-0.2, -0.15) is 4.98 Å². The highest BCUT2D eigenvalue weighted by atomic mass is 16.4. The zero-order valence-corrected chi connectivity index (χ0v) is 10.00. The Bertz CT molecular complexity index is 624. The van der Waals surface area contributed by atoms with Gasteiger partial charge in [0.1, 0.15) is 5.76 Å². The maximum atomic E-state index is 5.49. The number of nitrogens with one attached hydrogen (secondary N) is 1. The van der Waals surface area contributed by atoms with E-state index in [2.05, 4.69) is 20.4 Å². The van der Waals surface area contributed by atoms with Crippen LogP contribution in [0.4, 0.5) is 5.95 Å². The van der Waals surface area contributed by atoms with Gasteiger partial charge in [-0.3, -0.25) is 0 Å². The van der Waals surface area contributed by atoms with Crippen LogP contribution in [-0.2, 0) is 13.0 Å². The fraction of sp³-hybridized carbons (Fsp3) is 0.250. The van der Waals surface area contributed by atoms with E-state index in [4.69, 9.17) is 4.42 Å². The maximum absolute atomic E-state index is 5.49. The molecule has 3 aromatic heterocycles. The summed E-state index contributed by atoms with van der Waals surface area (Å²) in [5.41, 5.74) is 0.807. The molecule has 18 heavy (non-hydrogen) atoms. The van der Waals surface area contributed by atoms with Crippen molar-refractivity contribution in [2.45, 2.75) is 19.9 Å². The van der Waals surface area contributed by atoms with Crippen LogP contribution in [-0.4, -0.2) is 19.6 Å². The highest BCUT2D eigenvalue weighted by molar-refractivity contribution is 5.42. The van der Waals surface area contributed by atoms with E-state index in [1.54, 1.807) is 10.7 Å². The first kappa shape index (κ1) is 10.8. The van der Waals surface area contributed by atoms with Crippen LogP contribution in [0.2, 0.25) is 0 Å². The second-order valence-corrected chi connectivity index (χ2v) is 3.87. The van der Waals surface area contributed by atoms with Crippen molar-refractivity contribution in [2.24, 2.45) is 0 Å². The predicted octanol–water partition coefficient (Wildman–Crippen LogP) is 1.89. The Hall–Kier alpha value is -2.37. The molecule has 3 aromatic rings. The van der Waals surface area contributed by atoms with Crippen molar-refractivity contribution in [2.75, 3.05) is 5.32 Å². The van der Waals surface area contributed by atoms with E-state index in [1.807, 2.05) is 31.3 Å². The van der Waals surface area contributed by atoms with Gasteiger partial charge in [-0.15, -0.1) is 5.10 Å². The number of rotatable bonds is 4. The predicted molar refractivity (Wildman–Crippen MR) is 66.2 cm³/mol. The molecule has 3 heterocycles. The van der Waals surface area contributed by atoms with Gasteiger partial charge in [0.25, 0.3) is 0 Å². The summed E-state index contributed by atoms with van der Waals surface area (Å²) in [6, 6.07) is 5.74. The van der Waals surface area contributed by atoms with Crippen molar-refractivity contribution < 1.29 is 4.42 Å². The van der Waals surface area contributed by atoms with Gasteiger partial charge in [0.15, 0.2) is 5.65 Å². The molecular weight excluding hydrogens is 230 g/mol. The van der Waals surface area contributed by atoms with Crippen LogP contribution in [0.3, 0.4) is 0 Å². The molecule has 0 radical (unpaired) electrons.